The molecule has 10 heteroatoms. The summed E-state index contributed by atoms with van der Waals surface area (Å²) in [5.41, 5.74) is 0.944. The van der Waals surface area contributed by atoms with Crippen molar-refractivity contribution in [3.63, 3.8) is 0 Å². The van der Waals surface area contributed by atoms with Gasteiger partial charge >= 0.3 is 23.9 Å². The van der Waals surface area contributed by atoms with Crippen LogP contribution in [0.15, 0.2) is 54.6 Å². The lowest BCUT2D eigenvalue weighted by molar-refractivity contribution is -0.261. The fraction of sp³-hybridized carbons (Fsp3) is 0.484. The molecule has 4 atom stereocenters. The van der Waals surface area contributed by atoms with Crippen molar-refractivity contribution in [2.75, 3.05) is 6.61 Å². The number of para-hydroxylation sites is 1. The van der Waals surface area contributed by atoms with E-state index in [0.717, 1.165) is 5.56 Å². The molecule has 2 aromatic carbocycles. The molecular formula is C31H38O10. The van der Waals surface area contributed by atoms with Gasteiger partial charge in [-0.3, -0.25) is 14.4 Å². The molecule has 0 saturated carbocycles. The topological polar surface area (TPSA) is 124 Å². The Balaban J connectivity index is 1.87. The van der Waals surface area contributed by atoms with E-state index in [9.17, 15) is 19.2 Å². The normalized spacial score (nSPS) is 20.0. The molecular weight excluding hydrogens is 532 g/mol. The summed E-state index contributed by atoms with van der Waals surface area (Å²) in [5.74, 6) is -2.12. The second-order valence-electron chi connectivity index (χ2n) is 9.56. The van der Waals surface area contributed by atoms with Gasteiger partial charge < -0.3 is 28.4 Å². The first-order chi connectivity index (χ1) is 19.9. The van der Waals surface area contributed by atoms with E-state index in [0.29, 0.717) is 19.3 Å². The summed E-state index contributed by atoms with van der Waals surface area (Å²) in [4.78, 5) is 50.5. The van der Waals surface area contributed by atoms with Gasteiger partial charge in [-0.2, -0.15) is 0 Å². The van der Waals surface area contributed by atoms with Crippen molar-refractivity contribution in [2.45, 2.75) is 90.5 Å². The molecule has 0 aliphatic carbocycles. The third-order valence-corrected chi connectivity index (χ3v) is 6.13. The van der Waals surface area contributed by atoms with E-state index in [1.165, 1.54) is 6.07 Å². The quantitative estimate of drug-likeness (QED) is 0.228. The highest BCUT2D eigenvalue weighted by Gasteiger charge is 2.49. The van der Waals surface area contributed by atoms with E-state index in [1.807, 2.05) is 51.1 Å². The number of hydrogen-bond donors (Lipinski definition) is 0. The van der Waals surface area contributed by atoms with Crippen molar-refractivity contribution >= 4 is 23.9 Å². The van der Waals surface area contributed by atoms with Gasteiger partial charge in [-0.1, -0.05) is 63.2 Å². The van der Waals surface area contributed by atoms with Crippen LogP contribution in [-0.2, 0) is 44.7 Å². The lowest BCUT2D eigenvalue weighted by atomic mass is 10.0. The van der Waals surface area contributed by atoms with Crippen molar-refractivity contribution in [1.82, 2.24) is 0 Å². The molecule has 0 aromatic heterocycles. The summed E-state index contributed by atoms with van der Waals surface area (Å²) < 4.78 is 34.4. The van der Waals surface area contributed by atoms with E-state index in [4.69, 9.17) is 28.4 Å². The second kappa shape index (κ2) is 16.4. The minimum atomic E-state index is -1.28. The van der Waals surface area contributed by atoms with Crippen molar-refractivity contribution in [2.24, 2.45) is 0 Å². The minimum absolute atomic E-state index is 0.0610. The van der Waals surface area contributed by atoms with Gasteiger partial charge in [0.05, 0.1) is 6.61 Å². The van der Waals surface area contributed by atoms with E-state index in [-0.39, 0.29) is 43.8 Å². The second-order valence-corrected chi connectivity index (χ2v) is 9.56. The Morgan fingerprint density at radius 2 is 1.29 bits per heavy atom. The summed E-state index contributed by atoms with van der Waals surface area (Å²) in [6, 6.07) is 15.6. The summed E-state index contributed by atoms with van der Waals surface area (Å²) in [6.45, 7) is 5.34. The monoisotopic (exact) mass is 570 g/mol. The lowest BCUT2D eigenvalue weighted by Gasteiger charge is -2.40. The Morgan fingerprint density at radius 1 is 0.732 bits per heavy atom. The summed E-state index contributed by atoms with van der Waals surface area (Å²) >= 11 is 0. The minimum Gasteiger partial charge on any atom is -0.460 e. The zero-order chi connectivity index (χ0) is 29.6. The van der Waals surface area contributed by atoms with Crippen LogP contribution in [0.4, 0.5) is 0 Å². The van der Waals surface area contributed by atoms with Crippen LogP contribution < -0.4 is 4.74 Å². The van der Waals surface area contributed by atoms with E-state index < -0.39 is 48.5 Å². The molecule has 10 nitrogen and oxygen atoms in total. The molecule has 0 amide bonds. The highest BCUT2D eigenvalue weighted by atomic mass is 16.7. The van der Waals surface area contributed by atoms with Gasteiger partial charge in [0.25, 0.3) is 0 Å². The van der Waals surface area contributed by atoms with E-state index in [1.54, 1.807) is 18.2 Å². The van der Waals surface area contributed by atoms with Gasteiger partial charge in [0, 0.05) is 19.3 Å². The van der Waals surface area contributed by atoms with Crippen LogP contribution in [0, 0.1) is 0 Å². The molecule has 1 fully saturated rings. The molecule has 222 valence electrons. The molecule has 1 heterocycles. The van der Waals surface area contributed by atoms with Crippen LogP contribution in [-0.4, -0.2) is 55.1 Å². The van der Waals surface area contributed by atoms with Crippen LogP contribution in [0.2, 0.25) is 0 Å². The Labute approximate surface area is 240 Å². The maximum atomic E-state index is 13.0. The third kappa shape index (κ3) is 9.60. The van der Waals surface area contributed by atoms with Crippen LogP contribution >= 0.6 is 0 Å². The number of carbonyl (C=O) groups is 4. The number of hydrogen-bond acceptors (Lipinski definition) is 10. The molecule has 41 heavy (non-hydrogen) atoms. The van der Waals surface area contributed by atoms with Gasteiger partial charge in [-0.05, 0) is 37.0 Å². The predicted octanol–water partition coefficient (Wildman–Crippen LogP) is 4.91. The molecule has 0 radical (unpaired) electrons. The highest BCUT2D eigenvalue weighted by Crippen LogP contribution is 2.29. The predicted molar refractivity (Wildman–Crippen MR) is 147 cm³/mol. The zero-order valence-electron chi connectivity index (χ0n) is 23.7. The molecule has 1 aliphatic heterocycles. The van der Waals surface area contributed by atoms with Gasteiger partial charge in [0.2, 0.25) is 12.4 Å². The van der Waals surface area contributed by atoms with Crippen LogP contribution in [0.3, 0.4) is 0 Å². The van der Waals surface area contributed by atoms with E-state index >= 15 is 0 Å². The third-order valence-electron chi connectivity index (χ3n) is 6.13. The Morgan fingerprint density at radius 3 is 1.93 bits per heavy atom. The first-order valence-corrected chi connectivity index (χ1v) is 14.0. The molecule has 2 aromatic rings. The smallest absolute Gasteiger partial charge is 0.342 e. The fourth-order valence-corrected chi connectivity index (χ4v) is 4.14. The maximum Gasteiger partial charge on any atom is 0.342 e. The standard InChI is InChI=1S/C31H38O10/c1-4-12-25(32)38-24-20-37-31(29(41-27(34)14-6-3)28(24)40-26(33)13-5-2)39-23-18-11-10-17-22(23)30(35)36-19-21-15-8-7-9-16-21/h7-11,15-18,24,28-29,31H,4-6,12-14,19-20H2,1-3H3/t24-,28-,29-,31-/m1/s1. The maximum absolute atomic E-state index is 13.0. The number of esters is 4. The zero-order valence-corrected chi connectivity index (χ0v) is 23.7. The largest absolute Gasteiger partial charge is 0.460 e. The summed E-state index contributed by atoms with van der Waals surface area (Å²) in [7, 11) is 0. The van der Waals surface area contributed by atoms with E-state index in [2.05, 4.69) is 0 Å². The van der Waals surface area contributed by atoms with Crippen molar-refractivity contribution in [1.29, 1.82) is 0 Å². The number of rotatable bonds is 14. The number of carbonyl (C=O) groups excluding carboxylic acids is 4. The molecule has 0 unspecified atom stereocenters. The van der Waals surface area contributed by atoms with Crippen LogP contribution in [0.1, 0.15) is 75.2 Å². The van der Waals surface area contributed by atoms with Crippen molar-refractivity contribution < 1.29 is 47.6 Å². The van der Waals surface area contributed by atoms with Crippen molar-refractivity contribution in [3.8, 4) is 5.75 Å². The molecule has 0 N–H and O–H groups in total. The summed E-state index contributed by atoms with van der Waals surface area (Å²) in [5, 5.41) is 0. The first kappa shape index (κ1) is 31.6. The fourth-order valence-electron chi connectivity index (χ4n) is 4.14. The average Bonchev–Trinajstić information content (AvgIpc) is 2.96. The van der Waals surface area contributed by atoms with Gasteiger partial charge in [0.15, 0.2) is 12.2 Å². The molecule has 0 spiro atoms. The van der Waals surface area contributed by atoms with Gasteiger partial charge in [-0.15, -0.1) is 0 Å². The number of ether oxygens (including phenoxy) is 6. The Kier molecular flexibility index (Phi) is 12.6. The molecule has 0 bridgehead atoms. The average molecular weight is 571 g/mol. The SMILES string of the molecule is CCCC(=O)O[C@H]1[C@@H](Oc2ccccc2C(=O)OCc2ccccc2)OC[C@@H](OC(=O)CCC)[C@H]1OC(=O)CCC. The number of benzene rings is 2. The molecule has 1 aliphatic rings. The molecule has 1 saturated heterocycles. The Bertz CT molecular complexity index is 1150. The molecule has 3 rings (SSSR count). The van der Waals surface area contributed by atoms with Crippen LogP contribution in [0.25, 0.3) is 0 Å². The Hall–Kier alpha value is -3.92. The first-order valence-electron chi connectivity index (χ1n) is 14.0. The summed E-state index contributed by atoms with van der Waals surface area (Å²) in [6.07, 6.45) is -2.80. The van der Waals surface area contributed by atoms with Crippen molar-refractivity contribution in [3.05, 3.63) is 65.7 Å². The van der Waals surface area contributed by atoms with Gasteiger partial charge in [0.1, 0.15) is 17.9 Å². The van der Waals surface area contributed by atoms with Gasteiger partial charge in [-0.25, -0.2) is 4.79 Å². The van der Waals surface area contributed by atoms with Crippen LogP contribution in [0.5, 0.6) is 5.75 Å². The highest BCUT2D eigenvalue weighted by molar-refractivity contribution is 5.92. The lowest BCUT2D eigenvalue weighted by Crippen LogP contribution is -2.59.